The molecule has 0 bridgehead atoms. The van der Waals surface area contributed by atoms with Crippen molar-refractivity contribution >= 4 is 11.8 Å². The quantitative estimate of drug-likeness (QED) is 0.608. The molecule has 1 unspecified atom stereocenters. The second-order valence-corrected chi connectivity index (χ2v) is 8.59. The van der Waals surface area contributed by atoms with E-state index in [1.54, 1.807) is 11.8 Å². The second-order valence-electron chi connectivity index (χ2n) is 8.59. The lowest BCUT2D eigenvalue weighted by Gasteiger charge is -2.39. The van der Waals surface area contributed by atoms with Gasteiger partial charge in [-0.25, -0.2) is 9.31 Å². The van der Waals surface area contributed by atoms with Gasteiger partial charge in [0.25, 0.3) is 0 Å². The van der Waals surface area contributed by atoms with Crippen LogP contribution in [0.2, 0.25) is 0 Å². The number of rotatable bonds is 7. The van der Waals surface area contributed by atoms with Gasteiger partial charge in [-0.1, -0.05) is 28.5 Å². The number of hydrogen-bond donors (Lipinski definition) is 1. The maximum Gasteiger partial charge on any atom is 0.228 e. The summed E-state index contributed by atoms with van der Waals surface area (Å²) in [5, 5.41) is 15.0. The highest BCUT2D eigenvalue weighted by molar-refractivity contribution is 5.84. The Bertz CT molecular complexity index is 1080. The Morgan fingerprint density at radius 3 is 2.78 bits per heavy atom. The zero-order valence-corrected chi connectivity index (χ0v) is 18.5. The zero-order chi connectivity index (χ0) is 22.6. The van der Waals surface area contributed by atoms with Gasteiger partial charge in [0, 0.05) is 25.8 Å². The summed E-state index contributed by atoms with van der Waals surface area (Å²) in [7, 11) is 0. The van der Waals surface area contributed by atoms with Gasteiger partial charge >= 0.3 is 0 Å². The van der Waals surface area contributed by atoms with Crippen molar-refractivity contribution in [2.24, 2.45) is 5.41 Å². The van der Waals surface area contributed by atoms with Crippen molar-refractivity contribution in [2.45, 2.75) is 39.5 Å². The average molecular weight is 437 g/mol. The van der Waals surface area contributed by atoms with Gasteiger partial charge in [-0.15, -0.1) is 0 Å². The molecule has 3 heterocycles. The number of para-hydroxylation sites is 1. The smallest absolute Gasteiger partial charge is 0.228 e. The van der Waals surface area contributed by atoms with Crippen molar-refractivity contribution in [3.8, 4) is 5.69 Å². The largest absolute Gasteiger partial charge is 0.355 e. The standard InChI is InChI=1S/C23H28N6O3/c1-17-20(27-32-26-17)13-21(30)28-12-6-10-23(2,16-28)22(31)24-11-9-18-14-25-29(15-18)19-7-4-3-5-8-19/h3-5,7-8,14-15H,6,9-13,16H2,1-2H3,(H,24,31). The highest BCUT2D eigenvalue weighted by Crippen LogP contribution is 2.30. The molecule has 0 spiro atoms. The van der Waals surface area contributed by atoms with Crippen molar-refractivity contribution < 1.29 is 14.2 Å². The van der Waals surface area contributed by atoms with E-state index in [0.29, 0.717) is 37.4 Å². The van der Waals surface area contributed by atoms with Crippen LogP contribution in [0.4, 0.5) is 0 Å². The van der Waals surface area contributed by atoms with Crippen molar-refractivity contribution in [3.05, 3.63) is 59.7 Å². The summed E-state index contributed by atoms with van der Waals surface area (Å²) in [5.74, 6) is -0.0828. The Morgan fingerprint density at radius 2 is 2.03 bits per heavy atom. The van der Waals surface area contributed by atoms with Crippen molar-refractivity contribution in [1.82, 2.24) is 30.3 Å². The van der Waals surface area contributed by atoms with Crippen molar-refractivity contribution in [1.29, 1.82) is 0 Å². The molecule has 1 N–H and O–H groups in total. The molecule has 1 aliphatic rings. The topological polar surface area (TPSA) is 106 Å². The number of nitrogens with zero attached hydrogens (tertiary/aromatic N) is 5. The Morgan fingerprint density at radius 1 is 1.22 bits per heavy atom. The van der Waals surface area contributed by atoms with Crippen LogP contribution in [0.15, 0.2) is 47.4 Å². The van der Waals surface area contributed by atoms with Crippen molar-refractivity contribution in [3.63, 3.8) is 0 Å². The molecule has 1 aliphatic heterocycles. The fraction of sp³-hybridized carbons (Fsp3) is 0.435. The fourth-order valence-electron chi connectivity index (χ4n) is 4.05. The number of hydrogen-bond acceptors (Lipinski definition) is 6. The summed E-state index contributed by atoms with van der Waals surface area (Å²) in [5.41, 5.74) is 2.60. The minimum Gasteiger partial charge on any atom is -0.355 e. The van der Waals surface area contributed by atoms with E-state index in [1.165, 1.54) is 0 Å². The minimum absolute atomic E-state index is 0.0234. The summed E-state index contributed by atoms with van der Waals surface area (Å²) in [6.07, 6.45) is 6.16. The number of benzene rings is 1. The number of amides is 2. The van der Waals surface area contributed by atoms with Gasteiger partial charge in [-0.2, -0.15) is 5.10 Å². The molecular weight excluding hydrogens is 408 g/mol. The molecule has 0 radical (unpaired) electrons. The summed E-state index contributed by atoms with van der Waals surface area (Å²) < 4.78 is 6.51. The van der Waals surface area contributed by atoms with Gasteiger partial charge in [0.05, 0.1) is 23.7 Å². The molecule has 1 fully saturated rings. The molecule has 168 valence electrons. The third-order valence-electron chi connectivity index (χ3n) is 6.02. The van der Waals surface area contributed by atoms with Crippen LogP contribution >= 0.6 is 0 Å². The minimum atomic E-state index is -0.612. The van der Waals surface area contributed by atoms with Gasteiger partial charge in [0.15, 0.2) is 0 Å². The van der Waals surface area contributed by atoms with Gasteiger partial charge in [0.1, 0.15) is 11.4 Å². The van der Waals surface area contributed by atoms with Crippen LogP contribution in [0.3, 0.4) is 0 Å². The van der Waals surface area contributed by atoms with Crippen LogP contribution in [-0.4, -0.2) is 56.4 Å². The van der Waals surface area contributed by atoms with Crippen LogP contribution < -0.4 is 5.32 Å². The van der Waals surface area contributed by atoms with E-state index in [1.807, 2.05) is 54.3 Å². The molecule has 1 atom stereocenters. The molecule has 1 aromatic carbocycles. The van der Waals surface area contributed by atoms with Crippen molar-refractivity contribution in [2.75, 3.05) is 19.6 Å². The highest BCUT2D eigenvalue weighted by Gasteiger charge is 2.39. The average Bonchev–Trinajstić information content (AvgIpc) is 3.43. The molecule has 2 aromatic heterocycles. The Balaban J connectivity index is 1.29. The third kappa shape index (κ3) is 4.87. The number of likely N-dealkylation sites (tertiary alicyclic amines) is 1. The Kier molecular flexibility index (Phi) is 6.34. The first-order valence-electron chi connectivity index (χ1n) is 10.9. The summed E-state index contributed by atoms with van der Waals surface area (Å²) in [6.45, 7) is 5.25. The second kappa shape index (κ2) is 9.33. The summed E-state index contributed by atoms with van der Waals surface area (Å²) in [6, 6.07) is 9.90. The summed E-state index contributed by atoms with van der Waals surface area (Å²) in [4.78, 5) is 27.4. The van der Waals surface area contributed by atoms with Gasteiger partial charge < -0.3 is 10.2 Å². The lowest BCUT2D eigenvalue weighted by Crippen LogP contribution is -2.52. The van der Waals surface area contributed by atoms with Gasteiger partial charge in [0.2, 0.25) is 11.8 Å². The normalized spacial score (nSPS) is 18.5. The number of carbonyl (C=O) groups excluding carboxylic acids is 2. The molecule has 3 aromatic rings. The molecule has 9 heteroatoms. The zero-order valence-electron chi connectivity index (χ0n) is 18.5. The molecule has 1 saturated heterocycles. The number of aromatic nitrogens is 4. The van der Waals surface area contributed by atoms with Gasteiger partial charge in [-0.3, -0.25) is 9.59 Å². The summed E-state index contributed by atoms with van der Waals surface area (Å²) >= 11 is 0. The SMILES string of the molecule is Cc1nonc1CC(=O)N1CCCC(C)(C(=O)NCCc2cnn(-c3ccccc3)c2)C1. The molecule has 0 aliphatic carbocycles. The maximum absolute atomic E-state index is 13.0. The molecule has 4 rings (SSSR count). The highest BCUT2D eigenvalue weighted by atomic mass is 16.6. The molecular formula is C23H28N6O3. The third-order valence-corrected chi connectivity index (χ3v) is 6.02. The molecule has 2 amide bonds. The van der Waals surface area contributed by atoms with Crippen LogP contribution in [0.5, 0.6) is 0 Å². The first-order chi connectivity index (χ1) is 15.4. The molecule has 32 heavy (non-hydrogen) atoms. The van der Waals surface area contributed by atoms with E-state index in [9.17, 15) is 9.59 Å². The predicted octanol–water partition coefficient (Wildman–Crippen LogP) is 2.09. The Hall–Kier alpha value is -3.49. The molecule has 9 nitrogen and oxygen atoms in total. The van der Waals surface area contributed by atoms with E-state index < -0.39 is 5.41 Å². The lowest BCUT2D eigenvalue weighted by molar-refractivity contribution is -0.140. The maximum atomic E-state index is 13.0. The van der Waals surface area contributed by atoms with Crippen LogP contribution in [0.1, 0.15) is 36.7 Å². The van der Waals surface area contributed by atoms with Crippen LogP contribution in [0.25, 0.3) is 5.69 Å². The number of carbonyl (C=O) groups is 2. The van der Waals surface area contributed by atoms with E-state index in [-0.39, 0.29) is 18.2 Å². The number of piperidine rings is 1. The Labute approximate surface area is 186 Å². The lowest BCUT2D eigenvalue weighted by atomic mass is 9.80. The molecule has 0 saturated carbocycles. The number of aryl methyl sites for hydroxylation is 1. The predicted molar refractivity (Wildman–Crippen MR) is 117 cm³/mol. The first kappa shape index (κ1) is 21.7. The first-order valence-corrected chi connectivity index (χ1v) is 10.9. The fourth-order valence-corrected chi connectivity index (χ4v) is 4.05. The van der Waals surface area contributed by atoms with Crippen LogP contribution in [-0.2, 0) is 22.4 Å². The van der Waals surface area contributed by atoms with Crippen LogP contribution in [0, 0.1) is 12.3 Å². The van der Waals surface area contributed by atoms with E-state index >= 15 is 0 Å². The monoisotopic (exact) mass is 436 g/mol. The van der Waals surface area contributed by atoms with Gasteiger partial charge in [-0.05, 0) is 50.8 Å². The van der Waals surface area contributed by atoms with E-state index in [4.69, 9.17) is 0 Å². The van der Waals surface area contributed by atoms with E-state index in [0.717, 1.165) is 24.1 Å². The van der Waals surface area contributed by atoms with E-state index in [2.05, 4.69) is 25.4 Å². The number of nitrogens with one attached hydrogen (secondary N) is 1.